The van der Waals surface area contributed by atoms with Crippen molar-refractivity contribution >= 4 is 0 Å². The Kier molecular flexibility index (Phi) is 4.06. The average molecular weight is 267 g/mol. The standard InChI is InChI=1S/C14H12F3NO/c15-10-4-1-3-9(7-10)13(18)8-19-14-11(16)5-2-6-12(14)17/h1-7,13H,8,18H2. The summed E-state index contributed by atoms with van der Waals surface area (Å²) in [6, 6.07) is 8.42. The Bertz CT molecular complexity index is 554. The summed E-state index contributed by atoms with van der Waals surface area (Å²) in [5, 5.41) is 0. The van der Waals surface area contributed by atoms with Crippen LogP contribution in [0.4, 0.5) is 13.2 Å². The smallest absolute Gasteiger partial charge is 0.190 e. The fourth-order valence-electron chi connectivity index (χ4n) is 1.63. The molecule has 2 aromatic carbocycles. The van der Waals surface area contributed by atoms with Crippen molar-refractivity contribution in [2.75, 3.05) is 6.61 Å². The van der Waals surface area contributed by atoms with Crippen LogP contribution in [0.15, 0.2) is 42.5 Å². The van der Waals surface area contributed by atoms with Crippen LogP contribution in [0.3, 0.4) is 0 Å². The first kappa shape index (κ1) is 13.4. The lowest BCUT2D eigenvalue weighted by Crippen LogP contribution is -2.19. The maximum Gasteiger partial charge on any atom is 0.190 e. The van der Waals surface area contributed by atoms with E-state index in [4.69, 9.17) is 10.5 Å². The second kappa shape index (κ2) is 5.75. The van der Waals surface area contributed by atoms with E-state index in [0.29, 0.717) is 5.56 Å². The zero-order chi connectivity index (χ0) is 13.8. The average Bonchev–Trinajstić information content (AvgIpc) is 2.38. The number of nitrogens with two attached hydrogens (primary N) is 1. The third-order valence-corrected chi connectivity index (χ3v) is 2.60. The summed E-state index contributed by atoms with van der Waals surface area (Å²) in [6.07, 6.45) is 0. The Hall–Kier alpha value is -2.01. The molecule has 0 aliphatic rings. The van der Waals surface area contributed by atoms with Gasteiger partial charge in [0.25, 0.3) is 0 Å². The van der Waals surface area contributed by atoms with E-state index in [9.17, 15) is 13.2 Å². The van der Waals surface area contributed by atoms with Crippen LogP contribution in [-0.4, -0.2) is 6.61 Å². The minimum Gasteiger partial charge on any atom is -0.486 e. The molecule has 2 rings (SSSR count). The van der Waals surface area contributed by atoms with Gasteiger partial charge in [-0.15, -0.1) is 0 Å². The first-order valence-corrected chi connectivity index (χ1v) is 5.66. The van der Waals surface area contributed by atoms with E-state index in [1.165, 1.54) is 24.3 Å². The van der Waals surface area contributed by atoms with Gasteiger partial charge < -0.3 is 10.5 Å². The predicted octanol–water partition coefficient (Wildman–Crippen LogP) is 3.18. The number of ether oxygens (including phenoxy) is 1. The summed E-state index contributed by atoms with van der Waals surface area (Å²) in [5.74, 6) is -2.50. The van der Waals surface area contributed by atoms with Gasteiger partial charge >= 0.3 is 0 Å². The van der Waals surface area contributed by atoms with Crippen LogP contribution in [0.1, 0.15) is 11.6 Å². The molecular weight excluding hydrogens is 255 g/mol. The molecule has 0 amide bonds. The molecule has 0 radical (unpaired) electrons. The number of para-hydroxylation sites is 1. The largest absolute Gasteiger partial charge is 0.486 e. The van der Waals surface area contributed by atoms with Crippen LogP contribution >= 0.6 is 0 Å². The van der Waals surface area contributed by atoms with Crippen LogP contribution in [0.25, 0.3) is 0 Å². The number of benzene rings is 2. The number of hydrogen-bond donors (Lipinski definition) is 1. The molecule has 100 valence electrons. The molecule has 0 heterocycles. The van der Waals surface area contributed by atoms with Crippen LogP contribution in [0.2, 0.25) is 0 Å². The molecule has 2 nitrogen and oxygen atoms in total. The van der Waals surface area contributed by atoms with Gasteiger partial charge in [-0.3, -0.25) is 0 Å². The van der Waals surface area contributed by atoms with Crippen molar-refractivity contribution in [1.82, 2.24) is 0 Å². The summed E-state index contributed by atoms with van der Waals surface area (Å²) in [7, 11) is 0. The molecule has 2 N–H and O–H groups in total. The summed E-state index contributed by atoms with van der Waals surface area (Å²) >= 11 is 0. The second-order valence-corrected chi connectivity index (χ2v) is 4.02. The number of rotatable bonds is 4. The third kappa shape index (κ3) is 3.26. The highest BCUT2D eigenvalue weighted by Gasteiger charge is 2.13. The highest BCUT2D eigenvalue weighted by atomic mass is 19.1. The zero-order valence-corrected chi connectivity index (χ0v) is 9.95. The molecule has 0 fully saturated rings. The van der Waals surface area contributed by atoms with E-state index in [0.717, 1.165) is 12.1 Å². The van der Waals surface area contributed by atoms with Crippen LogP contribution < -0.4 is 10.5 Å². The zero-order valence-electron chi connectivity index (χ0n) is 9.95. The Labute approximate surface area is 108 Å². The molecule has 0 aromatic heterocycles. The van der Waals surface area contributed by atoms with E-state index in [-0.39, 0.29) is 6.61 Å². The fourth-order valence-corrected chi connectivity index (χ4v) is 1.63. The highest BCUT2D eigenvalue weighted by molar-refractivity contribution is 5.26. The topological polar surface area (TPSA) is 35.2 Å². The first-order chi connectivity index (χ1) is 9.08. The van der Waals surface area contributed by atoms with Gasteiger partial charge in [-0.2, -0.15) is 0 Å². The number of halogens is 3. The summed E-state index contributed by atoms with van der Waals surface area (Å²) in [4.78, 5) is 0. The Morgan fingerprint density at radius 2 is 1.63 bits per heavy atom. The molecule has 0 aliphatic carbocycles. The molecule has 1 atom stereocenters. The normalized spacial score (nSPS) is 12.2. The maximum absolute atomic E-state index is 13.3. The Balaban J connectivity index is 2.06. The SMILES string of the molecule is NC(COc1c(F)cccc1F)c1cccc(F)c1. The first-order valence-electron chi connectivity index (χ1n) is 5.66. The second-order valence-electron chi connectivity index (χ2n) is 4.02. The molecule has 1 unspecified atom stereocenters. The summed E-state index contributed by atoms with van der Waals surface area (Å²) < 4.78 is 44.6. The van der Waals surface area contributed by atoms with Gasteiger partial charge in [0.15, 0.2) is 17.4 Å². The lowest BCUT2D eigenvalue weighted by atomic mass is 10.1. The fraction of sp³-hybridized carbons (Fsp3) is 0.143. The molecule has 5 heteroatoms. The van der Waals surface area contributed by atoms with Gasteiger partial charge in [0.2, 0.25) is 0 Å². The quantitative estimate of drug-likeness (QED) is 0.923. The van der Waals surface area contributed by atoms with Crippen molar-refractivity contribution in [3.8, 4) is 5.75 Å². The predicted molar refractivity (Wildman–Crippen MR) is 65.2 cm³/mol. The Morgan fingerprint density at radius 3 is 2.26 bits per heavy atom. The Morgan fingerprint density at radius 1 is 1.00 bits per heavy atom. The molecule has 0 saturated heterocycles. The van der Waals surface area contributed by atoms with Gasteiger partial charge in [0.05, 0.1) is 6.04 Å². The minimum atomic E-state index is -0.800. The van der Waals surface area contributed by atoms with Crippen LogP contribution in [0, 0.1) is 17.5 Å². The van der Waals surface area contributed by atoms with Gasteiger partial charge in [-0.1, -0.05) is 18.2 Å². The molecule has 2 aromatic rings. The van der Waals surface area contributed by atoms with E-state index in [1.54, 1.807) is 6.07 Å². The van der Waals surface area contributed by atoms with E-state index >= 15 is 0 Å². The molecule has 0 bridgehead atoms. The molecular formula is C14H12F3NO. The van der Waals surface area contributed by atoms with Gasteiger partial charge in [0, 0.05) is 0 Å². The van der Waals surface area contributed by atoms with Crippen molar-refractivity contribution in [1.29, 1.82) is 0 Å². The third-order valence-electron chi connectivity index (χ3n) is 2.60. The minimum absolute atomic E-state index is 0.151. The van der Waals surface area contributed by atoms with Crippen molar-refractivity contribution < 1.29 is 17.9 Å². The van der Waals surface area contributed by atoms with Gasteiger partial charge in [-0.25, -0.2) is 13.2 Å². The molecule has 0 saturated carbocycles. The maximum atomic E-state index is 13.3. The molecule has 0 aliphatic heterocycles. The van der Waals surface area contributed by atoms with E-state index < -0.39 is 29.2 Å². The highest BCUT2D eigenvalue weighted by Crippen LogP contribution is 2.22. The summed E-state index contributed by atoms with van der Waals surface area (Å²) in [5.41, 5.74) is 6.27. The van der Waals surface area contributed by atoms with Crippen molar-refractivity contribution in [2.45, 2.75) is 6.04 Å². The summed E-state index contributed by atoms with van der Waals surface area (Å²) in [6.45, 7) is -0.151. The number of hydrogen-bond acceptors (Lipinski definition) is 2. The lowest BCUT2D eigenvalue weighted by molar-refractivity contribution is 0.263. The van der Waals surface area contributed by atoms with Gasteiger partial charge in [-0.05, 0) is 29.8 Å². The molecule has 0 spiro atoms. The van der Waals surface area contributed by atoms with Crippen molar-refractivity contribution in [3.63, 3.8) is 0 Å². The van der Waals surface area contributed by atoms with Gasteiger partial charge in [0.1, 0.15) is 12.4 Å². The molecule has 19 heavy (non-hydrogen) atoms. The monoisotopic (exact) mass is 267 g/mol. The van der Waals surface area contributed by atoms with Crippen LogP contribution in [-0.2, 0) is 0 Å². The van der Waals surface area contributed by atoms with E-state index in [2.05, 4.69) is 0 Å². The van der Waals surface area contributed by atoms with E-state index in [1.807, 2.05) is 0 Å². The van der Waals surface area contributed by atoms with Crippen LogP contribution in [0.5, 0.6) is 5.75 Å². The van der Waals surface area contributed by atoms with Crippen molar-refractivity contribution in [2.24, 2.45) is 5.73 Å². The van der Waals surface area contributed by atoms with Crippen molar-refractivity contribution in [3.05, 3.63) is 65.5 Å². The lowest BCUT2D eigenvalue weighted by Gasteiger charge is -2.14.